The molecule has 0 aliphatic carbocycles. The summed E-state index contributed by atoms with van der Waals surface area (Å²) in [6.07, 6.45) is 3.20. The van der Waals surface area contributed by atoms with Crippen LogP contribution in [0.15, 0.2) is 17.0 Å². The van der Waals surface area contributed by atoms with Gasteiger partial charge in [-0.15, -0.1) is 0 Å². The SMILES string of the molecule is Nc1cc(Cl)c(S(=O)(=O)NCCCN2CCCC2)c(Cl)c1. The highest BCUT2D eigenvalue weighted by Gasteiger charge is 2.22. The van der Waals surface area contributed by atoms with Crippen molar-refractivity contribution in [2.45, 2.75) is 24.2 Å². The van der Waals surface area contributed by atoms with E-state index in [1.54, 1.807) is 0 Å². The predicted molar refractivity (Wildman–Crippen MR) is 86.4 cm³/mol. The molecule has 1 aromatic carbocycles. The highest BCUT2D eigenvalue weighted by atomic mass is 35.5. The Hall–Kier alpha value is -0.530. The molecule has 0 amide bonds. The summed E-state index contributed by atoms with van der Waals surface area (Å²) in [4.78, 5) is 2.22. The van der Waals surface area contributed by atoms with Gasteiger partial charge in [-0.25, -0.2) is 13.1 Å². The van der Waals surface area contributed by atoms with Crippen molar-refractivity contribution in [3.8, 4) is 0 Å². The van der Waals surface area contributed by atoms with E-state index in [2.05, 4.69) is 9.62 Å². The van der Waals surface area contributed by atoms with E-state index in [-0.39, 0.29) is 14.9 Å². The molecule has 0 aromatic heterocycles. The predicted octanol–water partition coefficient (Wildman–Crippen LogP) is 2.34. The number of hydrogen-bond donors (Lipinski definition) is 2. The standard InChI is InChI=1S/C13H19Cl2N3O2S/c14-11-8-10(16)9-12(15)13(11)21(19,20)17-4-3-7-18-5-1-2-6-18/h8-9,17H,1-7,16H2. The van der Waals surface area contributed by atoms with Crippen LogP contribution < -0.4 is 10.5 Å². The summed E-state index contributed by atoms with van der Waals surface area (Å²) in [7, 11) is -3.72. The third-order valence-corrected chi connectivity index (χ3v) is 5.81. The fourth-order valence-electron chi connectivity index (χ4n) is 2.42. The van der Waals surface area contributed by atoms with Crippen LogP contribution in [0.2, 0.25) is 10.0 Å². The van der Waals surface area contributed by atoms with Gasteiger partial charge in [0.05, 0.1) is 10.0 Å². The maximum atomic E-state index is 12.2. The maximum absolute atomic E-state index is 12.2. The van der Waals surface area contributed by atoms with Crippen LogP contribution in [-0.4, -0.2) is 39.5 Å². The molecule has 3 N–H and O–H groups in total. The Bertz CT molecular complexity index is 578. The summed E-state index contributed by atoms with van der Waals surface area (Å²) in [5, 5.41) is 0.0686. The van der Waals surface area contributed by atoms with Crippen LogP contribution in [0.4, 0.5) is 5.69 Å². The molecule has 5 nitrogen and oxygen atoms in total. The van der Waals surface area contributed by atoms with Crippen LogP contribution in [0.5, 0.6) is 0 Å². The molecule has 1 heterocycles. The molecule has 1 saturated heterocycles. The Morgan fingerprint density at radius 3 is 2.33 bits per heavy atom. The molecule has 21 heavy (non-hydrogen) atoms. The van der Waals surface area contributed by atoms with Crippen molar-refractivity contribution in [2.75, 3.05) is 31.9 Å². The first kappa shape index (κ1) is 16.8. The first-order valence-electron chi connectivity index (χ1n) is 6.87. The van der Waals surface area contributed by atoms with Gasteiger partial charge in [-0.1, -0.05) is 23.2 Å². The molecule has 0 saturated carbocycles. The van der Waals surface area contributed by atoms with Crippen LogP contribution >= 0.6 is 23.2 Å². The molecule has 1 fully saturated rings. The molecule has 1 aliphatic heterocycles. The fraction of sp³-hybridized carbons (Fsp3) is 0.538. The molecular weight excluding hydrogens is 333 g/mol. The Labute approximate surface area is 135 Å². The highest BCUT2D eigenvalue weighted by molar-refractivity contribution is 7.89. The van der Waals surface area contributed by atoms with E-state index in [1.165, 1.54) is 25.0 Å². The summed E-state index contributed by atoms with van der Waals surface area (Å²) in [5.41, 5.74) is 5.90. The van der Waals surface area contributed by atoms with E-state index >= 15 is 0 Å². The van der Waals surface area contributed by atoms with Crippen LogP contribution in [0.3, 0.4) is 0 Å². The summed E-state index contributed by atoms with van der Waals surface area (Å²) in [5.74, 6) is 0. The minimum absolute atomic E-state index is 0.0343. The zero-order valence-corrected chi connectivity index (χ0v) is 13.9. The normalized spacial score (nSPS) is 16.5. The van der Waals surface area contributed by atoms with Crippen molar-refractivity contribution in [1.29, 1.82) is 0 Å². The largest absolute Gasteiger partial charge is 0.399 e. The molecule has 0 atom stereocenters. The Morgan fingerprint density at radius 1 is 1.19 bits per heavy atom. The van der Waals surface area contributed by atoms with E-state index in [4.69, 9.17) is 28.9 Å². The number of nitrogen functional groups attached to an aromatic ring is 1. The molecule has 0 bridgehead atoms. The molecular formula is C13H19Cl2N3O2S. The number of hydrogen-bond acceptors (Lipinski definition) is 4. The lowest BCUT2D eigenvalue weighted by atomic mass is 10.3. The van der Waals surface area contributed by atoms with Crippen molar-refractivity contribution in [3.63, 3.8) is 0 Å². The van der Waals surface area contributed by atoms with E-state index in [0.29, 0.717) is 12.2 Å². The fourth-order valence-corrected chi connectivity index (χ4v) is 4.73. The van der Waals surface area contributed by atoms with Crippen molar-refractivity contribution in [2.24, 2.45) is 0 Å². The topological polar surface area (TPSA) is 75.4 Å². The molecule has 8 heteroatoms. The second-order valence-electron chi connectivity index (χ2n) is 5.11. The lowest BCUT2D eigenvalue weighted by Gasteiger charge is -2.15. The van der Waals surface area contributed by atoms with E-state index in [9.17, 15) is 8.42 Å². The number of benzene rings is 1. The monoisotopic (exact) mass is 351 g/mol. The molecule has 0 spiro atoms. The van der Waals surface area contributed by atoms with Gasteiger partial charge >= 0.3 is 0 Å². The van der Waals surface area contributed by atoms with Crippen molar-refractivity contribution in [3.05, 3.63) is 22.2 Å². The quantitative estimate of drug-likeness (QED) is 0.609. The minimum Gasteiger partial charge on any atom is -0.399 e. The Balaban J connectivity index is 1.95. The van der Waals surface area contributed by atoms with Crippen LogP contribution in [0.25, 0.3) is 0 Å². The zero-order chi connectivity index (χ0) is 15.5. The minimum atomic E-state index is -3.72. The van der Waals surface area contributed by atoms with Gasteiger partial charge < -0.3 is 10.6 Å². The molecule has 2 rings (SSSR count). The van der Waals surface area contributed by atoms with Gasteiger partial charge in [0, 0.05) is 12.2 Å². The number of nitrogens with one attached hydrogen (secondary N) is 1. The third-order valence-electron chi connectivity index (χ3n) is 3.43. The Morgan fingerprint density at radius 2 is 1.76 bits per heavy atom. The van der Waals surface area contributed by atoms with Gasteiger partial charge in [0.25, 0.3) is 0 Å². The molecule has 0 unspecified atom stereocenters. The smallest absolute Gasteiger partial charge is 0.243 e. The molecule has 1 aliphatic rings. The highest BCUT2D eigenvalue weighted by Crippen LogP contribution is 2.31. The van der Waals surface area contributed by atoms with Crippen LogP contribution in [0, 0.1) is 0 Å². The molecule has 1 aromatic rings. The number of likely N-dealkylation sites (tertiary alicyclic amines) is 1. The number of nitrogens with two attached hydrogens (primary N) is 1. The van der Waals surface area contributed by atoms with Gasteiger partial charge in [-0.2, -0.15) is 0 Å². The zero-order valence-electron chi connectivity index (χ0n) is 11.6. The van der Waals surface area contributed by atoms with Crippen molar-refractivity contribution < 1.29 is 8.42 Å². The average molecular weight is 352 g/mol. The van der Waals surface area contributed by atoms with Gasteiger partial charge in [-0.3, -0.25) is 0 Å². The summed E-state index contributed by atoms with van der Waals surface area (Å²) < 4.78 is 27.0. The number of rotatable bonds is 6. The van der Waals surface area contributed by atoms with Gasteiger partial charge in [-0.05, 0) is 51.0 Å². The number of halogens is 2. The van der Waals surface area contributed by atoms with Crippen LogP contribution in [0.1, 0.15) is 19.3 Å². The maximum Gasteiger partial charge on any atom is 0.243 e. The van der Waals surface area contributed by atoms with Gasteiger partial charge in [0.2, 0.25) is 10.0 Å². The number of anilines is 1. The number of sulfonamides is 1. The third kappa shape index (κ3) is 4.47. The first-order chi connectivity index (χ1) is 9.90. The lowest BCUT2D eigenvalue weighted by Crippen LogP contribution is -2.29. The molecule has 0 radical (unpaired) electrons. The summed E-state index contributed by atoms with van der Waals surface area (Å²) >= 11 is 11.9. The van der Waals surface area contributed by atoms with Gasteiger partial charge in [0.15, 0.2) is 0 Å². The second-order valence-corrected chi connectivity index (χ2v) is 7.63. The first-order valence-corrected chi connectivity index (χ1v) is 9.10. The van der Waals surface area contributed by atoms with Crippen molar-refractivity contribution in [1.82, 2.24) is 9.62 Å². The lowest BCUT2D eigenvalue weighted by molar-refractivity contribution is 0.334. The second kappa shape index (κ2) is 7.15. The number of nitrogens with zero attached hydrogens (tertiary/aromatic N) is 1. The summed E-state index contributed by atoms with van der Waals surface area (Å²) in [6, 6.07) is 2.76. The van der Waals surface area contributed by atoms with Gasteiger partial charge in [0.1, 0.15) is 4.90 Å². The van der Waals surface area contributed by atoms with E-state index < -0.39 is 10.0 Å². The van der Waals surface area contributed by atoms with Crippen molar-refractivity contribution >= 4 is 38.9 Å². The summed E-state index contributed by atoms with van der Waals surface area (Å²) in [6.45, 7) is 3.45. The van der Waals surface area contributed by atoms with E-state index in [1.807, 2.05) is 0 Å². The van der Waals surface area contributed by atoms with E-state index in [0.717, 1.165) is 26.1 Å². The average Bonchev–Trinajstić information content (AvgIpc) is 2.86. The Kier molecular flexibility index (Phi) is 5.73. The van der Waals surface area contributed by atoms with Crippen LogP contribution in [-0.2, 0) is 10.0 Å². The molecule has 118 valence electrons.